The normalized spacial score (nSPS) is 11.1. The Balaban J connectivity index is 1.72. The molecule has 3 rings (SSSR count). The number of nitrogens with zero attached hydrogens (tertiary/aromatic N) is 4. The summed E-state index contributed by atoms with van der Waals surface area (Å²) in [6.07, 6.45) is 0. The molecule has 0 atom stereocenters. The van der Waals surface area contributed by atoms with Crippen LogP contribution in [0.4, 0.5) is 5.13 Å². The van der Waals surface area contributed by atoms with E-state index in [2.05, 4.69) is 20.4 Å². The molecule has 2 N–H and O–H groups in total. The van der Waals surface area contributed by atoms with Gasteiger partial charge in [-0.1, -0.05) is 23.1 Å². The maximum Gasteiger partial charge on any atom is 0.251 e. The first-order valence-electron chi connectivity index (χ1n) is 5.73. The molecule has 9 heteroatoms. The number of furan rings is 1. The van der Waals surface area contributed by atoms with Gasteiger partial charge < -0.3 is 14.6 Å². The maximum atomic E-state index is 5.61. The molecule has 3 heterocycles. The number of nitrogen functional groups attached to an aromatic ring is 1. The standard InChI is InChI=1S/C11H11N5O2S2/c1-5-3-7(6(2)17-5)9-14-13-8(18-9)4-19-11-16-15-10(12)20-11/h3H,4H2,1-2H3,(H2,12,15). The van der Waals surface area contributed by atoms with Crippen molar-refractivity contribution < 1.29 is 8.83 Å². The van der Waals surface area contributed by atoms with E-state index in [9.17, 15) is 0 Å². The summed E-state index contributed by atoms with van der Waals surface area (Å²) in [7, 11) is 0. The van der Waals surface area contributed by atoms with Crippen LogP contribution in [0.15, 0.2) is 19.2 Å². The maximum absolute atomic E-state index is 5.61. The molecule has 104 valence electrons. The molecule has 0 saturated heterocycles. The monoisotopic (exact) mass is 309 g/mol. The number of hydrogen-bond acceptors (Lipinski definition) is 9. The van der Waals surface area contributed by atoms with Gasteiger partial charge in [0.25, 0.3) is 5.89 Å². The van der Waals surface area contributed by atoms with Gasteiger partial charge in [0, 0.05) is 0 Å². The predicted octanol–water partition coefficient (Wildman–Crippen LogP) is 2.67. The van der Waals surface area contributed by atoms with Gasteiger partial charge in [-0.15, -0.1) is 20.4 Å². The van der Waals surface area contributed by atoms with Crippen LogP contribution in [0.2, 0.25) is 0 Å². The first-order chi connectivity index (χ1) is 9.61. The fourth-order valence-corrected chi connectivity index (χ4v) is 3.14. The Morgan fingerprint density at radius 2 is 2.05 bits per heavy atom. The van der Waals surface area contributed by atoms with Crippen LogP contribution in [0.5, 0.6) is 0 Å². The van der Waals surface area contributed by atoms with Crippen molar-refractivity contribution >= 4 is 28.2 Å². The van der Waals surface area contributed by atoms with E-state index in [-0.39, 0.29) is 0 Å². The van der Waals surface area contributed by atoms with Gasteiger partial charge in [0.1, 0.15) is 11.5 Å². The van der Waals surface area contributed by atoms with Gasteiger partial charge in [-0.2, -0.15) is 0 Å². The topological polar surface area (TPSA) is 104 Å². The number of anilines is 1. The van der Waals surface area contributed by atoms with E-state index >= 15 is 0 Å². The minimum atomic E-state index is 0.447. The second-order valence-electron chi connectivity index (χ2n) is 4.02. The SMILES string of the molecule is Cc1cc(-c2nnc(CSc3nnc(N)s3)o2)c(C)o1. The van der Waals surface area contributed by atoms with Crippen molar-refractivity contribution in [2.45, 2.75) is 23.9 Å². The summed E-state index contributed by atoms with van der Waals surface area (Å²) in [5.74, 6) is 3.10. The van der Waals surface area contributed by atoms with Crippen LogP contribution in [0.25, 0.3) is 11.5 Å². The van der Waals surface area contributed by atoms with E-state index < -0.39 is 0 Å². The van der Waals surface area contributed by atoms with Gasteiger partial charge in [-0.25, -0.2) is 0 Å². The third-order valence-electron chi connectivity index (χ3n) is 2.48. The number of aromatic nitrogens is 4. The predicted molar refractivity (Wildman–Crippen MR) is 75.4 cm³/mol. The quantitative estimate of drug-likeness (QED) is 0.733. The van der Waals surface area contributed by atoms with Crippen molar-refractivity contribution in [3.63, 3.8) is 0 Å². The van der Waals surface area contributed by atoms with Gasteiger partial charge >= 0.3 is 0 Å². The Labute approximate surface area is 122 Å². The van der Waals surface area contributed by atoms with Crippen LogP contribution in [-0.2, 0) is 5.75 Å². The Morgan fingerprint density at radius 1 is 1.20 bits per heavy atom. The molecule has 0 fully saturated rings. The summed E-state index contributed by atoms with van der Waals surface area (Å²) in [5.41, 5.74) is 6.34. The molecule has 3 aromatic rings. The molecule has 0 aromatic carbocycles. The summed E-state index contributed by atoms with van der Waals surface area (Å²) in [5, 5.41) is 16.1. The zero-order valence-electron chi connectivity index (χ0n) is 10.8. The fourth-order valence-electron chi connectivity index (χ4n) is 1.67. The second kappa shape index (κ2) is 5.25. The second-order valence-corrected chi connectivity index (χ2v) is 6.25. The molecule has 0 unspecified atom stereocenters. The van der Waals surface area contributed by atoms with Gasteiger partial charge in [0.2, 0.25) is 11.0 Å². The Kier molecular flexibility index (Phi) is 3.45. The van der Waals surface area contributed by atoms with Crippen molar-refractivity contribution in [1.82, 2.24) is 20.4 Å². The third kappa shape index (κ3) is 2.68. The van der Waals surface area contributed by atoms with Crippen molar-refractivity contribution in [3.05, 3.63) is 23.5 Å². The molecule has 0 bridgehead atoms. The molecule has 0 radical (unpaired) electrons. The molecule has 0 aliphatic carbocycles. The van der Waals surface area contributed by atoms with Crippen molar-refractivity contribution in [2.75, 3.05) is 5.73 Å². The number of aryl methyl sites for hydroxylation is 2. The average Bonchev–Trinajstić information content (AvgIpc) is 3.08. The van der Waals surface area contributed by atoms with Gasteiger partial charge in [-0.05, 0) is 19.9 Å². The van der Waals surface area contributed by atoms with Crippen LogP contribution in [-0.4, -0.2) is 20.4 Å². The Bertz CT molecular complexity index is 733. The molecular weight excluding hydrogens is 298 g/mol. The summed E-state index contributed by atoms with van der Waals surface area (Å²) in [6.45, 7) is 3.74. The summed E-state index contributed by atoms with van der Waals surface area (Å²) in [4.78, 5) is 0. The molecule has 0 spiro atoms. The van der Waals surface area contributed by atoms with E-state index in [0.29, 0.717) is 22.7 Å². The fraction of sp³-hybridized carbons (Fsp3) is 0.273. The minimum Gasteiger partial charge on any atom is -0.466 e. The smallest absolute Gasteiger partial charge is 0.251 e. The van der Waals surface area contributed by atoms with Crippen LogP contribution < -0.4 is 5.73 Å². The average molecular weight is 309 g/mol. The lowest BCUT2D eigenvalue weighted by Gasteiger charge is -1.91. The van der Waals surface area contributed by atoms with Crippen molar-refractivity contribution in [3.8, 4) is 11.5 Å². The first kappa shape index (κ1) is 13.1. The van der Waals surface area contributed by atoms with Gasteiger partial charge in [-0.3, -0.25) is 0 Å². The van der Waals surface area contributed by atoms with Crippen LogP contribution in [0.3, 0.4) is 0 Å². The first-order valence-corrected chi connectivity index (χ1v) is 7.53. The van der Waals surface area contributed by atoms with Crippen LogP contribution >= 0.6 is 23.1 Å². The highest BCUT2D eigenvalue weighted by atomic mass is 32.2. The lowest BCUT2D eigenvalue weighted by molar-refractivity contribution is 0.499. The molecule has 0 aliphatic heterocycles. The molecule has 3 aromatic heterocycles. The molecule has 0 saturated carbocycles. The third-order valence-corrected chi connectivity index (χ3v) is 4.35. The minimum absolute atomic E-state index is 0.447. The number of thioether (sulfide) groups is 1. The highest BCUT2D eigenvalue weighted by Gasteiger charge is 2.15. The van der Waals surface area contributed by atoms with Gasteiger partial charge in [0.05, 0.1) is 11.3 Å². The van der Waals surface area contributed by atoms with E-state index in [1.54, 1.807) is 0 Å². The Morgan fingerprint density at radius 3 is 2.70 bits per heavy atom. The lowest BCUT2D eigenvalue weighted by atomic mass is 10.2. The van der Waals surface area contributed by atoms with Gasteiger partial charge in [0.15, 0.2) is 4.34 Å². The Hall–Kier alpha value is -1.87. The molecule has 0 aliphatic rings. The highest BCUT2D eigenvalue weighted by molar-refractivity contribution is 8.00. The van der Waals surface area contributed by atoms with E-state index in [0.717, 1.165) is 21.4 Å². The summed E-state index contributed by atoms with van der Waals surface area (Å²) < 4.78 is 11.8. The zero-order chi connectivity index (χ0) is 14.1. The number of hydrogen-bond donors (Lipinski definition) is 1. The zero-order valence-corrected chi connectivity index (χ0v) is 12.4. The molecule has 20 heavy (non-hydrogen) atoms. The molecular formula is C11H11N5O2S2. The molecule has 7 nitrogen and oxygen atoms in total. The van der Waals surface area contributed by atoms with E-state index in [4.69, 9.17) is 14.6 Å². The summed E-state index contributed by atoms with van der Waals surface area (Å²) >= 11 is 2.79. The lowest BCUT2D eigenvalue weighted by Crippen LogP contribution is -1.80. The van der Waals surface area contributed by atoms with E-state index in [1.807, 2.05) is 19.9 Å². The highest BCUT2D eigenvalue weighted by Crippen LogP contribution is 2.29. The van der Waals surface area contributed by atoms with Crippen molar-refractivity contribution in [1.29, 1.82) is 0 Å². The van der Waals surface area contributed by atoms with Crippen molar-refractivity contribution in [2.24, 2.45) is 0 Å². The largest absolute Gasteiger partial charge is 0.466 e. The number of rotatable bonds is 4. The number of nitrogens with two attached hydrogens (primary N) is 1. The van der Waals surface area contributed by atoms with E-state index in [1.165, 1.54) is 23.1 Å². The summed E-state index contributed by atoms with van der Waals surface area (Å²) in [6, 6.07) is 1.88. The van der Waals surface area contributed by atoms with Crippen LogP contribution in [0.1, 0.15) is 17.4 Å². The molecule has 0 amide bonds. The van der Waals surface area contributed by atoms with Crippen LogP contribution in [0, 0.1) is 13.8 Å².